The van der Waals surface area contributed by atoms with Crippen molar-refractivity contribution in [3.63, 3.8) is 0 Å². The minimum atomic E-state index is -4.15. The minimum Gasteiger partial charge on any atom is -0.320 e. The molecule has 1 aromatic rings. The maximum absolute atomic E-state index is 10.5. The van der Waals surface area contributed by atoms with Gasteiger partial charge in [-0.15, -0.1) is 0 Å². The predicted molar refractivity (Wildman–Crippen MR) is 37.7 cm³/mol. The standard InChI is InChI=1S/C5H8N2O3S/c1-2-7-4-3-6-5(7)11(8,9)10/h3-4H,2H2,1H3,(H,8,9,10). The van der Waals surface area contributed by atoms with E-state index in [1.54, 1.807) is 6.92 Å². The van der Waals surface area contributed by atoms with Gasteiger partial charge in [0, 0.05) is 18.9 Å². The first-order valence-electron chi connectivity index (χ1n) is 3.04. The Morgan fingerprint density at radius 1 is 1.73 bits per heavy atom. The van der Waals surface area contributed by atoms with Gasteiger partial charge in [-0.3, -0.25) is 4.55 Å². The molecule has 1 heterocycles. The van der Waals surface area contributed by atoms with Gasteiger partial charge in [0.15, 0.2) is 0 Å². The molecule has 0 atom stereocenters. The van der Waals surface area contributed by atoms with Gasteiger partial charge in [-0.2, -0.15) is 8.42 Å². The molecule has 1 N–H and O–H groups in total. The number of rotatable bonds is 2. The van der Waals surface area contributed by atoms with Crippen LogP contribution >= 0.6 is 0 Å². The van der Waals surface area contributed by atoms with Crippen LogP contribution in [0.15, 0.2) is 17.6 Å². The van der Waals surface area contributed by atoms with Gasteiger partial charge >= 0.3 is 10.1 Å². The summed E-state index contributed by atoms with van der Waals surface area (Å²) in [6, 6.07) is 0. The van der Waals surface area contributed by atoms with Crippen molar-refractivity contribution in [2.45, 2.75) is 18.6 Å². The van der Waals surface area contributed by atoms with Crippen LogP contribution in [-0.2, 0) is 16.7 Å². The van der Waals surface area contributed by atoms with Crippen molar-refractivity contribution < 1.29 is 13.0 Å². The van der Waals surface area contributed by atoms with Gasteiger partial charge in [0.05, 0.1) is 0 Å². The Bertz CT molecular complexity index is 340. The summed E-state index contributed by atoms with van der Waals surface area (Å²) in [4.78, 5) is 3.48. The van der Waals surface area contributed by atoms with Crippen LogP contribution in [0.4, 0.5) is 0 Å². The van der Waals surface area contributed by atoms with E-state index in [2.05, 4.69) is 4.98 Å². The van der Waals surface area contributed by atoms with Crippen molar-refractivity contribution in [3.05, 3.63) is 12.4 Å². The lowest BCUT2D eigenvalue weighted by molar-refractivity contribution is 0.464. The molecule has 1 aromatic heterocycles. The Morgan fingerprint density at radius 2 is 2.36 bits per heavy atom. The molecule has 0 aliphatic rings. The number of hydrogen-bond acceptors (Lipinski definition) is 3. The number of aryl methyl sites for hydroxylation is 1. The highest BCUT2D eigenvalue weighted by Gasteiger charge is 2.15. The van der Waals surface area contributed by atoms with Crippen LogP contribution in [0.3, 0.4) is 0 Å². The molecule has 0 amide bonds. The van der Waals surface area contributed by atoms with Gasteiger partial charge in [-0.05, 0) is 6.92 Å². The molecule has 0 saturated heterocycles. The summed E-state index contributed by atoms with van der Waals surface area (Å²) in [5.41, 5.74) is 0. The molecule has 0 aliphatic heterocycles. The summed E-state index contributed by atoms with van der Waals surface area (Å²) in [5, 5.41) is -0.306. The fourth-order valence-electron chi connectivity index (χ4n) is 0.771. The molecule has 0 unspecified atom stereocenters. The average molecular weight is 176 g/mol. The molecule has 6 heteroatoms. The zero-order valence-electron chi connectivity index (χ0n) is 5.93. The van der Waals surface area contributed by atoms with Crippen LogP contribution in [0.25, 0.3) is 0 Å². The third-order valence-corrected chi connectivity index (χ3v) is 2.05. The van der Waals surface area contributed by atoms with Crippen LogP contribution in [0, 0.1) is 0 Å². The number of nitrogens with zero attached hydrogens (tertiary/aromatic N) is 2. The Balaban J connectivity index is 3.24. The van der Waals surface area contributed by atoms with Crippen LogP contribution in [0.1, 0.15) is 6.92 Å². The maximum Gasteiger partial charge on any atom is 0.328 e. The summed E-state index contributed by atoms with van der Waals surface area (Å²) in [5.74, 6) is 0. The number of hydrogen-bond donors (Lipinski definition) is 1. The van der Waals surface area contributed by atoms with Gasteiger partial charge in [0.1, 0.15) is 0 Å². The lowest BCUT2D eigenvalue weighted by atomic mass is 10.7. The molecule has 0 fully saturated rings. The second kappa shape index (κ2) is 2.63. The monoisotopic (exact) mass is 176 g/mol. The summed E-state index contributed by atoms with van der Waals surface area (Å²) in [6.45, 7) is 2.23. The molecule has 62 valence electrons. The summed E-state index contributed by atoms with van der Waals surface area (Å²) in [6.07, 6.45) is 2.82. The van der Waals surface area contributed by atoms with Crippen LogP contribution < -0.4 is 0 Å². The third kappa shape index (κ3) is 1.58. The summed E-state index contributed by atoms with van der Waals surface area (Å²) < 4.78 is 31.0. The topological polar surface area (TPSA) is 72.2 Å². The van der Waals surface area contributed by atoms with E-state index in [0.29, 0.717) is 6.54 Å². The normalized spacial score (nSPS) is 11.8. The molecule has 0 aliphatic carbocycles. The van der Waals surface area contributed by atoms with Gasteiger partial charge < -0.3 is 4.57 Å². The Hall–Kier alpha value is -0.880. The Kier molecular flexibility index (Phi) is 1.97. The first-order valence-corrected chi connectivity index (χ1v) is 4.48. The van der Waals surface area contributed by atoms with E-state index in [1.165, 1.54) is 17.0 Å². The molecule has 0 spiro atoms. The van der Waals surface area contributed by atoms with Gasteiger partial charge in [-0.25, -0.2) is 4.98 Å². The second-order valence-corrected chi connectivity index (χ2v) is 3.29. The van der Waals surface area contributed by atoms with E-state index in [-0.39, 0.29) is 5.16 Å². The van der Waals surface area contributed by atoms with Crippen LogP contribution in [-0.4, -0.2) is 22.5 Å². The smallest absolute Gasteiger partial charge is 0.320 e. The van der Waals surface area contributed by atoms with Gasteiger partial charge in [0.25, 0.3) is 5.16 Å². The van der Waals surface area contributed by atoms with Crippen molar-refractivity contribution in [1.29, 1.82) is 0 Å². The highest BCUT2D eigenvalue weighted by molar-refractivity contribution is 7.85. The summed E-state index contributed by atoms with van der Waals surface area (Å²) >= 11 is 0. The zero-order chi connectivity index (χ0) is 8.48. The first kappa shape index (κ1) is 8.22. The number of aromatic nitrogens is 2. The largest absolute Gasteiger partial charge is 0.328 e. The van der Waals surface area contributed by atoms with Crippen molar-refractivity contribution in [2.75, 3.05) is 0 Å². The Labute approximate surface area is 64.4 Å². The lowest BCUT2D eigenvalue weighted by Crippen LogP contribution is -2.07. The van der Waals surface area contributed by atoms with Crippen LogP contribution in [0.2, 0.25) is 0 Å². The quantitative estimate of drug-likeness (QED) is 0.651. The molecule has 0 bridgehead atoms. The highest BCUT2D eigenvalue weighted by Crippen LogP contribution is 2.04. The highest BCUT2D eigenvalue weighted by atomic mass is 32.2. The van der Waals surface area contributed by atoms with Crippen LogP contribution in [0.5, 0.6) is 0 Å². The molecular weight excluding hydrogens is 168 g/mol. The zero-order valence-corrected chi connectivity index (χ0v) is 6.74. The molecule has 11 heavy (non-hydrogen) atoms. The average Bonchev–Trinajstić information content (AvgIpc) is 2.31. The van der Waals surface area contributed by atoms with Crippen molar-refractivity contribution in [1.82, 2.24) is 9.55 Å². The third-order valence-electron chi connectivity index (χ3n) is 1.25. The van der Waals surface area contributed by atoms with Crippen molar-refractivity contribution in [2.24, 2.45) is 0 Å². The molecule has 0 radical (unpaired) electrons. The number of imidazole rings is 1. The van der Waals surface area contributed by atoms with E-state index in [4.69, 9.17) is 4.55 Å². The van der Waals surface area contributed by atoms with Crippen molar-refractivity contribution >= 4 is 10.1 Å². The van der Waals surface area contributed by atoms with E-state index in [1.807, 2.05) is 0 Å². The van der Waals surface area contributed by atoms with E-state index >= 15 is 0 Å². The lowest BCUT2D eigenvalue weighted by Gasteiger charge is -1.98. The predicted octanol–water partition coefficient (Wildman–Crippen LogP) is 0.150. The minimum absolute atomic E-state index is 0.306. The second-order valence-electron chi connectivity index (χ2n) is 1.97. The van der Waals surface area contributed by atoms with E-state index in [0.717, 1.165) is 0 Å². The van der Waals surface area contributed by atoms with Crippen molar-refractivity contribution in [3.8, 4) is 0 Å². The SMILES string of the molecule is CCn1ccnc1S(=O)(=O)O. The summed E-state index contributed by atoms with van der Waals surface area (Å²) in [7, 11) is -4.15. The maximum atomic E-state index is 10.5. The Morgan fingerprint density at radius 3 is 2.73 bits per heavy atom. The fourth-order valence-corrected chi connectivity index (χ4v) is 1.45. The molecule has 1 rings (SSSR count). The molecule has 0 saturated carbocycles. The molecular formula is C5H8N2O3S. The first-order chi connectivity index (χ1) is 5.05. The fraction of sp³-hybridized carbons (Fsp3) is 0.400. The van der Waals surface area contributed by atoms with E-state index < -0.39 is 10.1 Å². The molecule has 0 aromatic carbocycles. The van der Waals surface area contributed by atoms with Gasteiger partial charge in [0.2, 0.25) is 0 Å². The molecule has 5 nitrogen and oxygen atoms in total. The van der Waals surface area contributed by atoms with E-state index in [9.17, 15) is 8.42 Å². The van der Waals surface area contributed by atoms with Gasteiger partial charge in [-0.1, -0.05) is 0 Å².